The minimum atomic E-state index is -4.39. The molecule has 4 nitrogen and oxygen atoms in total. The molecule has 2 aromatic carbocycles. The van der Waals surface area contributed by atoms with Gasteiger partial charge in [0.1, 0.15) is 11.5 Å². The topological polar surface area (TPSA) is 42.9 Å². The molecule has 0 heterocycles. The van der Waals surface area contributed by atoms with Gasteiger partial charge in [-0.3, -0.25) is 5.43 Å². The van der Waals surface area contributed by atoms with Crippen molar-refractivity contribution in [2.75, 3.05) is 19.6 Å². The lowest BCUT2D eigenvalue weighted by Gasteiger charge is -2.09. The molecule has 23 heavy (non-hydrogen) atoms. The molecule has 0 radical (unpaired) electrons. The van der Waals surface area contributed by atoms with E-state index in [2.05, 4.69) is 10.5 Å². The fourth-order valence-electron chi connectivity index (χ4n) is 1.88. The van der Waals surface area contributed by atoms with E-state index in [9.17, 15) is 13.2 Å². The molecule has 0 aliphatic rings. The van der Waals surface area contributed by atoms with Crippen LogP contribution in [0.3, 0.4) is 0 Å². The Bertz CT molecular complexity index is 700. The van der Waals surface area contributed by atoms with Gasteiger partial charge in [-0.05, 0) is 36.4 Å². The van der Waals surface area contributed by atoms with Gasteiger partial charge >= 0.3 is 6.18 Å². The molecule has 1 N–H and O–H groups in total. The Morgan fingerprint density at radius 3 is 2.48 bits per heavy atom. The second-order valence-corrected chi connectivity index (χ2v) is 4.56. The van der Waals surface area contributed by atoms with E-state index >= 15 is 0 Å². The summed E-state index contributed by atoms with van der Waals surface area (Å²) in [5.41, 5.74) is 2.69. The predicted molar refractivity (Wildman–Crippen MR) is 82.2 cm³/mol. The SMILES string of the molecule is COc1ccc(OC)c(C=NNc2cccc(C(F)(F)F)c2)c1. The molecule has 0 spiro atoms. The van der Waals surface area contributed by atoms with E-state index in [1.54, 1.807) is 18.2 Å². The summed E-state index contributed by atoms with van der Waals surface area (Å²) >= 11 is 0. The van der Waals surface area contributed by atoms with Gasteiger partial charge < -0.3 is 9.47 Å². The first kappa shape index (κ1) is 16.7. The fraction of sp³-hybridized carbons (Fsp3) is 0.188. The van der Waals surface area contributed by atoms with Crippen molar-refractivity contribution in [3.05, 3.63) is 53.6 Å². The molecule has 0 atom stereocenters. The summed E-state index contributed by atoms with van der Waals surface area (Å²) in [6.45, 7) is 0. The number of hydrogen-bond donors (Lipinski definition) is 1. The third-order valence-electron chi connectivity index (χ3n) is 3.02. The van der Waals surface area contributed by atoms with Gasteiger partial charge in [0.15, 0.2) is 0 Å². The Morgan fingerprint density at radius 1 is 1.04 bits per heavy atom. The number of alkyl halides is 3. The molecule has 0 aliphatic carbocycles. The van der Waals surface area contributed by atoms with E-state index in [0.717, 1.165) is 12.1 Å². The number of methoxy groups -OCH3 is 2. The number of hydrazone groups is 1. The van der Waals surface area contributed by atoms with Crippen LogP contribution in [0, 0.1) is 0 Å². The van der Waals surface area contributed by atoms with Crippen LogP contribution in [-0.4, -0.2) is 20.4 Å². The number of hydrogen-bond acceptors (Lipinski definition) is 4. The highest BCUT2D eigenvalue weighted by molar-refractivity contribution is 5.84. The average Bonchev–Trinajstić information content (AvgIpc) is 2.54. The van der Waals surface area contributed by atoms with Crippen molar-refractivity contribution in [2.45, 2.75) is 6.18 Å². The molecule has 0 saturated carbocycles. The van der Waals surface area contributed by atoms with Crippen LogP contribution in [0.25, 0.3) is 0 Å². The van der Waals surface area contributed by atoms with E-state index in [1.807, 2.05) is 0 Å². The monoisotopic (exact) mass is 324 g/mol. The van der Waals surface area contributed by atoms with Gasteiger partial charge in [-0.15, -0.1) is 0 Å². The van der Waals surface area contributed by atoms with Crippen molar-refractivity contribution in [3.63, 3.8) is 0 Å². The zero-order valence-corrected chi connectivity index (χ0v) is 12.5. The summed E-state index contributed by atoms with van der Waals surface area (Å²) in [6.07, 6.45) is -2.95. The van der Waals surface area contributed by atoms with Crippen molar-refractivity contribution in [2.24, 2.45) is 5.10 Å². The molecule has 0 aromatic heterocycles. The number of nitrogens with zero attached hydrogens (tertiary/aromatic N) is 1. The maximum Gasteiger partial charge on any atom is 0.416 e. The first-order chi connectivity index (χ1) is 10.9. The molecule has 0 aliphatic heterocycles. The summed E-state index contributed by atoms with van der Waals surface area (Å²) in [5.74, 6) is 1.19. The molecular formula is C16H15F3N2O2. The highest BCUT2D eigenvalue weighted by atomic mass is 19.4. The van der Waals surface area contributed by atoms with Crippen molar-refractivity contribution < 1.29 is 22.6 Å². The third-order valence-corrected chi connectivity index (χ3v) is 3.02. The van der Waals surface area contributed by atoms with Gasteiger partial charge in [-0.25, -0.2) is 0 Å². The Morgan fingerprint density at radius 2 is 1.83 bits per heavy atom. The Balaban J connectivity index is 2.16. The number of nitrogens with one attached hydrogen (secondary N) is 1. The van der Waals surface area contributed by atoms with Crippen molar-refractivity contribution in [3.8, 4) is 11.5 Å². The Hall–Kier alpha value is -2.70. The van der Waals surface area contributed by atoms with Crippen LogP contribution in [0.15, 0.2) is 47.6 Å². The van der Waals surface area contributed by atoms with Crippen LogP contribution in [0.4, 0.5) is 18.9 Å². The van der Waals surface area contributed by atoms with E-state index in [0.29, 0.717) is 17.1 Å². The van der Waals surface area contributed by atoms with Gasteiger partial charge in [-0.2, -0.15) is 18.3 Å². The molecule has 122 valence electrons. The molecule has 0 unspecified atom stereocenters. The van der Waals surface area contributed by atoms with Gasteiger partial charge in [0.25, 0.3) is 0 Å². The van der Waals surface area contributed by atoms with Crippen molar-refractivity contribution in [1.29, 1.82) is 0 Å². The lowest BCUT2D eigenvalue weighted by atomic mass is 10.2. The molecule has 0 bridgehead atoms. The lowest BCUT2D eigenvalue weighted by molar-refractivity contribution is -0.137. The molecule has 0 saturated heterocycles. The highest BCUT2D eigenvalue weighted by Gasteiger charge is 2.30. The molecule has 2 aromatic rings. The molecule has 7 heteroatoms. The van der Waals surface area contributed by atoms with Crippen LogP contribution in [0.2, 0.25) is 0 Å². The third kappa shape index (κ3) is 4.38. The van der Waals surface area contributed by atoms with Gasteiger partial charge in [0.2, 0.25) is 0 Å². The smallest absolute Gasteiger partial charge is 0.416 e. The zero-order valence-electron chi connectivity index (χ0n) is 12.5. The summed E-state index contributed by atoms with van der Waals surface area (Å²) in [6, 6.07) is 9.94. The second-order valence-electron chi connectivity index (χ2n) is 4.56. The summed E-state index contributed by atoms with van der Waals surface area (Å²) in [5, 5.41) is 3.94. The van der Waals surface area contributed by atoms with Crippen molar-refractivity contribution in [1.82, 2.24) is 0 Å². The maximum atomic E-state index is 12.6. The summed E-state index contributed by atoms with van der Waals surface area (Å²) < 4.78 is 48.2. The van der Waals surface area contributed by atoms with Gasteiger partial charge in [-0.1, -0.05) is 6.07 Å². The molecule has 0 amide bonds. The Kier molecular flexibility index (Phi) is 5.10. The van der Waals surface area contributed by atoms with Gasteiger partial charge in [0, 0.05) is 5.56 Å². The standard InChI is InChI=1S/C16H15F3N2O2/c1-22-14-6-7-15(23-2)11(8-14)10-20-21-13-5-3-4-12(9-13)16(17,18)19/h3-10,21H,1-2H3. The first-order valence-corrected chi connectivity index (χ1v) is 6.62. The molecular weight excluding hydrogens is 309 g/mol. The summed E-state index contributed by atoms with van der Waals surface area (Å²) in [4.78, 5) is 0. The molecule has 0 fully saturated rings. The van der Waals surface area contributed by atoms with Gasteiger partial charge in [0.05, 0.1) is 31.7 Å². The normalized spacial score (nSPS) is 11.5. The number of rotatable bonds is 5. The highest BCUT2D eigenvalue weighted by Crippen LogP contribution is 2.30. The Labute approximate surface area is 131 Å². The largest absolute Gasteiger partial charge is 0.497 e. The van der Waals surface area contributed by atoms with Crippen LogP contribution < -0.4 is 14.9 Å². The van der Waals surface area contributed by atoms with Crippen LogP contribution in [0.5, 0.6) is 11.5 Å². The zero-order chi connectivity index (χ0) is 16.9. The van der Waals surface area contributed by atoms with E-state index in [-0.39, 0.29) is 5.69 Å². The van der Waals surface area contributed by atoms with Crippen LogP contribution >= 0.6 is 0 Å². The number of anilines is 1. The quantitative estimate of drug-likeness (QED) is 0.663. The second kappa shape index (κ2) is 7.04. The maximum absolute atomic E-state index is 12.6. The van der Waals surface area contributed by atoms with Crippen LogP contribution in [-0.2, 0) is 6.18 Å². The lowest BCUT2D eigenvalue weighted by Crippen LogP contribution is -2.05. The number of benzene rings is 2. The average molecular weight is 324 g/mol. The van der Waals surface area contributed by atoms with E-state index in [4.69, 9.17) is 9.47 Å². The van der Waals surface area contributed by atoms with Crippen LogP contribution in [0.1, 0.15) is 11.1 Å². The predicted octanol–water partition coefficient (Wildman–Crippen LogP) is 4.17. The minimum Gasteiger partial charge on any atom is -0.497 e. The van der Waals surface area contributed by atoms with E-state index < -0.39 is 11.7 Å². The number of ether oxygens (including phenoxy) is 2. The molecule has 2 rings (SSSR count). The fourth-order valence-corrected chi connectivity index (χ4v) is 1.88. The van der Waals surface area contributed by atoms with Crippen molar-refractivity contribution >= 4 is 11.9 Å². The number of halogens is 3. The summed E-state index contributed by atoms with van der Waals surface area (Å²) in [7, 11) is 3.04. The minimum absolute atomic E-state index is 0.234. The first-order valence-electron chi connectivity index (χ1n) is 6.62. The van der Waals surface area contributed by atoms with E-state index in [1.165, 1.54) is 32.6 Å².